The fourth-order valence-corrected chi connectivity index (χ4v) is 4.75. The summed E-state index contributed by atoms with van der Waals surface area (Å²) in [6, 6.07) is 10.6. The van der Waals surface area contributed by atoms with Crippen molar-refractivity contribution in [3.05, 3.63) is 35.9 Å². The van der Waals surface area contributed by atoms with Crippen LogP contribution in [0.4, 0.5) is 0 Å². The predicted octanol–water partition coefficient (Wildman–Crippen LogP) is 4.67. The van der Waals surface area contributed by atoms with Crippen molar-refractivity contribution in [3.8, 4) is 0 Å². The maximum Gasteiger partial charge on any atom is 0.192 e. The summed E-state index contributed by atoms with van der Waals surface area (Å²) in [4.78, 5) is 2.46. The Kier molecular flexibility index (Phi) is 6.20. The topological polar surface area (TPSA) is 32.7 Å². The first-order chi connectivity index (χ1) is 11.4. The zero-order valence-electron chi connectivity index (χ0n) is 17.2. The highest BCUT2D eigenvalue weighted by Crippen LogP contribution is 2.40. The summed E-state index contributed by atoms with van der Waals surface area (Å²) in [6.45, 7) is 18.2. The zero-order valence-corrected chi connectivity index (χ0v) is 18.2. The molecule has 0 saturated carbocycles. The van der Waals surface area contributed by atoms with E-state index in [0.29, 0.717) is 0 Å². The van der Waals surface area contributed by atoms with E-state index in [9.17, 15) is 5.11 Å². The highest BCUT2D eigenvalue weighted by atomic mass is 28.4. The Balaban J connectivity index is 2.10. The minimum absolute atomic E-state index is 0.138. The molecule has 142 valence electrons. The third kappa shape index (κ3) is 5.39. The molecular weight excluding hydrogens is 326 g/mol. The molecule has 4 heteroatoms. The highest BCUT2D eigenvalue weighted by Gasteiger charge is 2.45. The molecule has 2 atom stereocenters. The third-order valence-corrected chi connectivity index (χ3v) is 10.5. The van der Waals surface area contributed by atoms with Crippen LogP contribution in [-0.4, -0.2) is 43.1 Å². The van der Waals surface area contributed by atoms with Crippen molar-refractivity contribution in [1.29, 1.82) is 0 Å². The minimum Gasteiger partial charge on any atom is -0.413 e. The summed E-state index contributed by atoms with van der Waals surface area (Å²) < 4.78 is 6.73. The van der Waals surface area contributed by atoms with Gasteiger partial charge in [0.2, 0.25) is 0 Å². The minimum atomic E-state index is -1.84. The lowest BCUT2D eigenvalue weighted by Crippen LogP contribution is -2.56. The molecule has 1 aliphatic rings. The molecule has 0 aliphatic carbocycles. The monoisotopic (exact) mass is 363 g/mol. The lowest BCUT2D eigenvalue weighted by molar-refractivity contribution is -0.0795. The van der Waals surface area contributed by atoms with Crippen molar-refractivity contribution in [1.82, 2.24) is 4.90 Å². The van der Waals surface area contributed by atoms with Crippen molar-refractivity contribution in [3.63, 3.8) is 0 Å². The Hall–Kier alpha value is -0.683. The molecule has 1 fully saturated rings. The third-order valence-electron chi connectivity index (χ3n) is 6.04. The quantitative estimate of drug-likeness (QED) is 0.772. The number of likely N-dealkylation sites (tertiary alicyclic amines) is 1. The number of hydrogen-bond acceptors (Lipinski definition) is 3. The van der Waals surface area contributed by atoms with Crippen LogP contribution in [0.15, 0.2) is 30.3 Å². The van der Waals surface area contributed by atoms with Crippen LogP contribution in [0.1, 0.15) is 46.6 Å². The molecule has 1 aromatic rings. The zero-order chi connectivity index (χ0) is 18.9. The lowest BCUT2D eigenvalue weighted by atomic mass is 9.82. The van der Waals surface area contributed by atoms with E-state index in [-0.39, 0.29) is 17.1 Å². The van der Waals surface area contributed by atoms with Gasteiger partial charge in [-0.1, -0.05) is 51.1 Å². The summed E-state index contributed by atoms with van der Waals surface area (Å²) in [5, 5.41) is 11.0. The molecule has 0 amide bonds. The molecule has 0 radical (unpaired) electrons. The molecule has 0 spiro atoms. The van der Waals surface area contributed by atoms with Crippen LogP contribution in [0.5, 0.6) is 0 Å². The Morgan fingerprint density at radius 1 is 1.12 bits per heavy atom. The predicted molar refractivity (Wildman–Crippen MR) is 108 cm³/mol. The number of rotatable bonds is 5. The summed E-state index contributed by atoms with van der Waals surface area (Å²) in [5.41, 5.74) is 0.600. The average Bonchev–Trinajstić information content (AvgIpc) is 2.47. The summed E-state index contributed by atoms with van der Waals surface area (Å²) in [5.74, 6) is 0.138. The molecule has 1 heterocycles. The van der Waals surface area contributed by atoms with Gasteiger partial charge in [0.05, 0.1) is 11.7 Å². The SMILES string of the molecule is CC(C)(O)C1CN(Cc2ccccc2)CCC1O[Si](C)(C)C(C)(C)C. The van der Waals surface area contributed by atoms with Gasteiger partial charge in [-0.3, -0.25) is 4.90 Å². The van der Waals surface area contributed by atoms with Gasteiger partial charge in [0.1, 0.15) is 0 Å². The molecule has 3 nitrogen and oxygen atoms in total. The van der Waals surface area contributed by atoms with E-state index in [4.69, 9.17) is 4.43 Å². The van der Waals surface area contributed by atoms with E-state index in [1.165, 1.54) is 5.56 Å². The number of piperidine rings is 1. The second-order valence-corrected chi connectivity index (χ2v) is 14.4. The summed E-state index contributed by atoms with van der Waals surface area (Å²) >= 11 is 0. The fourth-order valence-electron chi connectivity index (χ4n) is 3.36. The Morgan fingerprint density at radius 3 is 2.24 bits per heavy atom. The van der Waals surface area contributed by atoms with Crippen LogP contribution in [0, 0.1) is 5.92 Å². The molecule has 1 saturated heterocycles. The first-order valence-corrected chi connectivity index (χ1v) is 12.5. The maximum absolute atomic E-state index is 10.8. The van der Waals surface area contributed by atoms with Crippen molar-refractivity contribution < 1.29 is 9.53 Å². The van der Waals surface area contributed by atoms with Gasteiger partial charge in [0, 0.05) is 25.6 Å². The summed E-state index contributed by atoms with van der Waals surface area (Å²) in [7, 11) is -1.84. The molecule has 1 N–H and O–H groups in total. The molecule has 0 aromatic heterocycles. The summed E-state index contributed by atoms with van der Waals surface area (Å²) in [6.07, 6.45) is 1.14. The van der Waals surface area contributed by atoms with Crippen molar-refractivity contribution in [2.45, 2.75) is 77.4 Å². The van der Waals surface area contributed by atoms with E-state index in [0.717, 1.165) is 26.1 Å². The second kappa shape index (κ2) is 7.51. The van der Waals surface area contributed by atoms with E-state index < -0.39 is 13.9 Å². The standard InChI is InChI=1S/C21H37NO2Si/c1-20(2,3)25(6,7)24-19-13-14-22(16-18(19)21(4,5)23)15-17-11-9-8-10-12-17/h8-12,18-19,23H,13-16H2,1-7H3. The van der Waals surface area contributed by atoms with Crippen LogP contribution >= 0.6 is 0 Å². The first kappa shape index (κ1) is 20.6. The van der Waals surface area contributed by atoms with Crippen LogP contribution in [0.2, 0.25) is 18.1 Å². The van der Waals surface area contributed by atoms with Gasteiger partial charge in [-0.05, 0) is 44.0 Å². The van der Waals surface area contributed by atoms with E-state index in [1.807, 2.05) is 13.8 Å². The fraction of sp³-hybridized carbons (Fsp3) is 0.714. The largest absolute Gasteiger partial charge is 0.413 e. The lowest BCUT2D eigenvalue weighted by Gasteiger charge is -2.48. The number of nitrogens with zero attached hydrogens (tertiary/aromatic N) is 1. The number of aliphatic hydroxyl groups is 1. The van der Waals surface area contributed by atoms with Crippen LogP contribution in [0.3, 0.4) is 0 Å². The first-order valence-electron chi connectivity index (χ1n) is 9.56. The number of benzene rings is 1. The van der Waals surface area contributed by atoms with Crippen LogP contribution < -0.4 is 0 Å². The Morgan fingerprint density at radius 2 is 1.72 bits per heavy atom. The molecular formula is C21H37NO2Si. The Labute approximate surface area is 155 Å². The van der Waals surface area contributed by atoms with Gasteiger partial charge in [0.15, 0.2) is 8.32 Å². The van der Waals surface area contributed by atoms with Gasteiger partial charge < -0.3 is 9.53 Å². The van der Waals surface area contributed by atoms with Gasteiger partial charge in [-0.25, -0.2) is 0 Å². The van der Waals surface area contributed by atoms with E-state index in [2.05, 4.69) is 69.1 Å². The Bertz CT molecular complexity index is 545. The average molecular weight is 364 g/mol. The smallest absolute Gasteiger partial charge is 0.192 e. The van der Waals surface area contributed by atoms with Crippen molar-refractivity contribution in [2.24, 2.45) is 5.92 Å². The van der Waals surface area contributed by atoms with E-state index >= 15 is 0 Å². The van der Waals surface area contributed by atoms with Crippen LogP contribution in [-0.2, 0) is 11.0 Å². The van der Waals surface area contributed by atoms with Gasteiger partial charge >= 0.3 is 0 Å². The van der Waals surface area contributed by atoms with Gasteiger partial charge in [-0.2, -0.15) is 0 Å². The molecule has 2 unspecified atom stereocenters. The molecule has 2 rings (SSSR count). The number of hydrogen-bond donors (Lipinski definition) is 1. The molecule has 0 bridgehead atoms. The van der Waals surface area contributed by atoms with Crippen molar-refractivity contribution >= 4 is 8.32 Å². The maximum atomic E-state index is 10.8. The van der Waals surface area contributed by atoms with Crippen molar-refractivity contribution in [2.75, 3.05) is 13.1 Å². The van der Waals surface area contributed by atoms with E-state index in [1.54, 1.807) is 0 Å². The molecule has 25 heavy (non-hydrogen) atoms. The highest BCUT2D eigenvalue weighted by molar-refractivity contribution is 6.74. The molecule has 1 aromatic carbocycles. The van der Waals surface area contributed by atoms with Gasteiger partial charge in [-0.15, -0.1) is 0 Å². The normalized spacial score (nSPS) is 23.7. The molecule has 1 aliphatic heterocycles. The van der Waals surface area contributed by atoms with Crippen LogP contribution in [0.25, 0.3) is 0 Å². The second-order valence-electron chi connectivity index (χ2n) is 9.69. The van der Waals surface area contributed by atoms with Gasteiger partial charge in [0.25, 0.3) is 0 Å².